The molecule has 1 heterocycles. The Morgan fingerprint density at radius 3 is 2.46 bits per heavy atom. The maximum Gasteiger partial charge on any atom is 0.318 e. The lowest BCUT2D eigenvalue weighted by atomic mass is 9.91. The molecule has 1 aliphatic heterocycles. The van der Waals surface area contributed by atoms with Crippen LogP contribution in [0.15, 0.2) is 42.5 Å². The van der Waals surface area contributed by atoms with Gasteiger partial charge in [-0.1, -0.05) is 30.3 Å². The number of sulfonamides is 1. The average Bonchev–Trinajstić information content (AvgIpc) is 3.56. The van der Waals surface area contributed by atoms with E-state index in [9.17, 15) is 26.4 Å². The molecule has 2 aromatic carbocycles. The van der Waals surface area contributed by atoms with E-state index in [1.165, 1.54) is 11.8 Å². The van der Waals surface area contributed by atoms with Crippen LogP contribution < -0.4 is 10.0 Å². The van der Waals surface area contributed by atoms with E-state index in [-0.39, 0.29) is 24.1 Å². The van der Waals surface area contributed by atoms with Gasteiger partial charge in [-0.3, -0.25) is 0 Å². The molecule has 2 amide bonds. The average molecular weight is 514 g/mol. The van der Waals surface area contributed by atoms with E-state index < -0.39 is 63.9 Å². The lowest BCUT2D eigenvalue weighted by molar-refractivity contribution is 0.183. The molecule has 1 unspecified atom stereocenters. The third kappa shape index (κ3) is 5.30. The lowest BCUT2D eigenvalue weighted by Gasteiger charge is -2.30. The first-order valence-electron chi connectivity index (χ1n) is 11.3. The number of carbonyl (C=O) groups is 1. The third-order valence-corrected chi connectivity index (χ3v) is 7.66. The Kier molecular flexibility index (Phi) is 7.10. The second-order valence-electron chi connectivity index (χ2n) is 9.38. The van der Waals surface area contributed by atoms with Gasteiger partial charge in [-0.25, -0.2) is 35.5 Å². The number of benzene rings is 2. The molecule has 2 N–H and O–H groups in total. The van der Waals surface area contributed by atoms with Crippen LogP contribution in [-0.2, 0) is 16.4 Å². The van der Waals surface area contributed by atoms with Crippen LogP contribution in [0.4, 0.5) is 22.4 Å². The maximum absolute atomic E-state index is 15.6. The Bertz CT molecular complexity index is 1190. The zero-order chi connectivity index (χ0) is 25.4. The zero-order valence-corrected chi connectivity index (χ0v) is 19.9. The van der Waals surface area contributed by atoms with Crippen molar-refractivity contribution in [1.29, 1.82) is 0 Å². The van der Waals surface area contributed by atoms with E-state index in [2.05, 4.69) is 10.0 Å². The van der Waals surface area contributed by atoms with Crippen LogP contribution in [0.5, 0.6) is 0 Å². The van der Waals surface area contributed by atoms with E-state index in [1.54, 1.807) is 30.3 Å². The number of likely N-dealkylation sites (tertiary alicyclic amines) is 1. The quantitative estimate of drug-likeness (QED) is 0.526. The minimum atomic E-state index is -4.31. The highest BCUT2D eigenvalue weighted by Gasteiger charge is 2.61. The minimum absolute atomic E-state index is 0.0303. The van der Waals surface area contributed by atoms with Crippen LogP contribution in [-0.4, -0.2) is 56.7 Å². The summed E-state index contributed by atoms with van der Waals surface area (Å²) in [6.07, 6.45) is 0.931. The van der Waals surface area contributed by atoms with Gasteiger partial charge in [0.05, 0.1) is 12.1 Å². The van der Waals surface area contributed by atoms with Gasteiger partial charge >= 0.3 is 6.03 Å². The number of hydrogen-bond acceptors (Lipinski definition) is 3. The fourth-order valence-electron chi connectivity index (χ4n) is 4.83. The van der Waals surface area contributed by atoms with Crippen molar-refractivity contribution < 1.29 is 30.8 Å². The Morgan fingerprint density at radius 2 is 1.86 bits per heavy atom. The van der Waals surface area contributed by atoms with Crippen LogP contribution in [0.2, 0.25) is 0 Å². The Balaban J connectivity index is 1.73. The minimum Gasteiger partial charge on any atom is -0.333 e. The van der Waals surface area contributed by atoms with Gasteiger partial charge in [0.15, 0.2) is 0 Å². The van der Waals surface area contributed by atoms with E-state index in [0.717, 1.165) is 12.1 Å². The molecule has 2 aliphatic rings. The Labute approximate surface area is 201 Å². The summed E-state index contributed by atoms with van der Waals surface area (Å²) in [6.45, 7) is 0.786. The largest absolute Gasteiger partial charge is 0.333 e. The van der Waals surface area contributed by atoms with Crippen molar-refractivity contribution in [3.05, 3.63) is 59.7 Å². The predicted octanol–water partition coefficient (Wildman–Crippen LogP) is 3.92. The fraction of sp³-hybridized carbons (Fsp3) is 0.458. The van der Waals surface area contributed by atoms with Crippen molar-refractivity contribution in [1.82, 2.24) is 14.9 Å². The van der Waals surface area contributed by atoms with Gasteiger partial charge < -0.3 is 10.2 Å². The summed E-state index contributed by atoms with van der Waals surface area (Å²) in [5.41, 5.74) is -0.207. The first kappa shape index (κ1) is 25.4. The first-order valence-corrected chi connectivity index (χ1v) is 13.0. The number of rotatable bonds is 8. The van der Waals surface area contributed by atoms with Crippen LogP contribution in [0.1, 0.15) is 25.3 Å². The van der Waals surface area contributed by atoms with Gasteiger partial charge in [0, 0.05) is 23.6 Å². The number of amides is 2. The summed E-state index contributed by atoms with van der Waals surface area (Å²) in [5, 5.41) is 2.51. The third-order valence-electron chi connectivity index (χ3n) is 6.76. The number of hydrogen-bond donors (Lipinski definition) is 2. The molecule has 3 atom stereocenters. The summed E-state index contributed by atoms with van der Waals surface area (Å²) in [6, 6.07) is 5.53. The van der Waals surface area contributed by atoms with Gasteiger partial charge in [0.25, 0.3) is 0 Å². The van der Waals surface area contributed by atoms with Gasteiger partial charge in [0.1, 0.15) is 18.3 Å². The number of alkyl halides is 2. The predicted molar refractivity (Wildman–Crippen MR) is 123 cm³/mol. The van der Waals surface area contributed by atoms with Gasteiger partial charge in [-0.15, -0.1) is 0 Å². The van der Waals surface area contributed by atoms with Crippen LogP contribution >= 0.6 is 0 Å². The molecule has 0 bridgehead atoms. The summed E-state index contributed by atoms with van der Waals surface area (Å²) in [5.74, 6) is -1.39. The number of nitrogens with one attached hydrogen (secondary N) is 2. The standard InChI is InChI=1S/C24H27F4N3O3S/c1-15(12-25)29-23(32)31-13-24(7-8-24)22(30-35(33,34)14-26)20(31)10-17-9-18(27)11-19(21(17)28)16-5-3-2-4-6-16/h2-6,9,11,15,20,22,30H,7-8,10,12-14H2,1H3,(H,29,32)/t15?,20-,22+/m0/s1. The second-order valence-corrected chi connectivity index (χ2v) is 11.1. The second kappa shape index (κ2) is 9.77. The number of halogens is 4. The van der Waals surface area contributed by atoms with E-state index in [1.807, 2.05) is 0 Å². The highest BCUT2D eigenvalue weighted by Crippen LogP contribution is 2.55. The summed E-state index contributed by atoms with van der Waals surface area (Å²) in [7, 11) is -4.31. The highest BCUT2D eigenvalue weighted by atomic mass is 32.2. The number of carbonyl (C=O) groups excluding carboxylic acids is 1. The smallest absolute Gasteiger partial charge is 0.318 e. The van der Waals surface area contributed by atoms with Crippen molar-refractivity contribution >= 4 is 16.1 Å². The fourth-order valence-corrected chi connectivity index (χ4v) is 5.69. The Morgan fingerprint density at radius 1 is 1.17 bits per heavy atom. The van der Waals surface area contributed by atoms with Crippen molar-refractivity contribution in [2.75, 3.05) is 19.2 Å². The van der Waals surface area contributed by atoms with E-state index in [4.69, 9.17) is 0 Å². The molecule has 190 valence electrons. The van der Waals surface area contributed by atoms with E-state index >= 15 is 4.39 Å². The molecule has 6 nitrogen and oxygen atoms in total. The molecular weight excluding hydrogens is 486 g/mol. The maximum atomic E-state index is 15.6. The van der Waals surface area contributed by atoms with Gasteiger partial charge in [-0.05, 0) is 49.4 Å². The van der Waals surface area contributed by atoms with Crippen LogP contribution in [0.25, 0.3) is 11.1 Å². The molecule has 2 aromatic rings. The summed E-state index contributed by atoms with van der Waals surface area (Å²) >= 11 is 0. The molecular formula is C24H27F4N3O3S. The molecule has 4 rings (SSSR count). The molecule has 1 aliphatic carbocycles. The molecule has 1 saturated heterocycles. The van der Waals surface area contributed by atoms with Crippen molar-refractivity contribution in [2.45, 2.75) is 44.3 Å². The van der Waals surface area contributed by atoms with E-state index in [0.29, 0.717) is 18.4 Å². The topological polar surface area (TPSA) is 78.5 Å². The summed E-state index contributed by atoms with van der Waals surface area (Å²) < 4.78 is 83.0. The molecule has 35 heavy (non-hydrogen) atoms. The van der Waals surface area contributed by atoms with Crippen molar-refractivity contribution in [3.63, 3.8) is 0 Å². The lowest BCUT2D eigenvalue weighted by Crippen LogP contribution is -2.53. The van der Waals surface area contributed by atoms with Gasteiger partial charge in [-0.2, -0.15) is 0 Å². The first-order chi connectivity index (χ1) is 16.6. The normalized spacial score (nSPS) is 21.8. The SMILES string of the molecule is CC(CF)NC(=O)N1CC2(CC2)[C@H](NS(=O)(=O)CF)[C@@H]1Cc1cc(F)cc(-c2ccccc2)c1F. The number of urea groups is 1. The number of nitrogens with zero attached hydrogens (tertiary/aromatic N) is 1. The highest BCUT2D eigenvalue weighted by molar-refractivity contribution is 7.89. The molecule has 11 heteroatoms. The Hall–Kier alpha value is -2.66. The monoisotopic (exact) mass is 513 g/mol. The van der Waals surface area contributed by atoms with Crippen molar-refractivity contribution in [2.24, 2.45) is 5.41 Å². The molecule has 0 aromatic heterocycles. The van der Waals surface area contributed by atoms with Crippen LogP contribution in [0, 0.1) is 17.0 Å². The molecule has 1 spiro atoms. The van der Waals surface area contributed by atoms with Crippen molar-refractivity contribution in [3.8, 4) is 11.1 Å². The molecule has 1 saturated carbocycles. The zero-order valence-electron chi connectivity index (χ0n) is 19.1. The molecule has 2 fully saturated rings. The summed E-state index contributed by atoms with van der Waals surface area (Å²) in [4.78, 5) is 14.3. The van der Waals surface area contributed by atoms with Crippen LogP contribution in [0.3, 0.4) is 0 Å². The van der Waals surface area contributed by atoms with Gasteiger partial charge in [0.2, 0.25) is 16.0 Å². The molecule has 0 radical (unpaired) electrons.